The van der Waals surface area contributed by atoms with E-state index in [1.807, 2.05) is 12.1 Å². The number of nitrogens with zero attached hydrogens (tertiary/aromatic N) is 1. The second-order valence-electron chi connectivity index (χ2n) is 5.77. The van der Waals surface area contributed by atoms with Crippen molar-refractivity contribution in [2.24, 2.45) is 0 Å². The van der Waals surface area contributed by atoms with Gasteiger partial charge < -0.3 is 10.4 Å². The van der Waals surface area contributed by atoms with Gasteiger partial charge in [0.1, 0.15) is 0 Å². The van der Waals surface area contributed by atoms with Crippen molar-refractivity contribution >= 4 is 0 Å². The minimum atomic E-state index is -4.45. The van der Waals surface area contributed by atoms with Crippen LogP contribution in [0.1, 0.15) is 29.2 Å². The van der Waals surface area contributed by atoms with E-state index in [4.69, 9.17) is 5.26 Å². The van der Waals surface area contributed by atoms with Gasteiger partial charge in [0.2, 0.25) is 0 Å². The van der Waals surface area contributed by atoms with E-state index in [0.29, 0.717) is 12.1 Å². The summed E-state index contributed by atoms with van der Waals surface area (Å²) in [5, 5.41) is 22.3. The van der Waals surface area contributed by atoms with Gasteiger partial charge in [0.05, 0.1) is 22.8 Å². The predicted molar refractivity (Wildman–Crippen MR) is 83.9 cm³/mol. The van der Waals surface area contributed by atoms with E-state index >= 15 is 0 Å². The van der Waals surface area contributed by atoms with Gasteiger partial charge >= 0.3 is 6.18 Å². The van der Waals surface area contributed by atoms with Crippen LogP contribution in [0.3, 0.4) is 0 Å². The molecule has 0 amide bonds. The Morgan fingerprint density at radius 2 is 1.75 bits per heavy atom. The first-order valence-electron chi connectivity index (χ1n) is 7.32. The Balaban J connectivity index is 2.04. The molecule has 0 aliphatic rings. The van der Waals surface area contributed by atoms with Crippen LogP contribution in [0, 0.1) is 11.3 Å². The van der Waals surface area contributed by atoms with Crippen molar-refractivity contribution in [3.63, 3.8) is 0 Å². The lowest BCUT2D eigenvalue weighted by molar-refractivity contribution is -0.137. The summed E-state index contributed by atoms with van der Waals surface area (Å²) >= 11 is 0. The highest BCUT2D eigenvalue weighted by Crippen LogP contribution is 2.31. The Hall–Kier alpha value is -2.36. The molecule has 2 rings (SSSR count). The standard InChI is InChI=1S/C18H17F3N2O/c1-17(24,15-6-3-7-16(9-15)18(19,20)21)12-23-11-14-5-2-4-13(8-14)10-22/h2-9,23-24H,11-12H2,1H3. The Morgan fingerprint density at radius 3 is 2.42 bits per heavy atom. The summed E-state index contributed by atoms with van der Waals surface area (Å²) in [4.78, 5) is 0. The molecular formula is C18H17F3N2O. The van der Waals surface area contributed by atoms with Crippen LogP contribution in [-0.4, -0.2) is 11.7 Å². The molecular weight excluding hydrogens is 317 g/mol. The summed E-state index contributed by atoms with van der Waals surface area (Å²) in [7, 11) is 0. The van der Waals surface area contributed by atoms with E-state index in [-0.39, 0.29) is 12.1 Å². The van der Waals surface area contributed by atoms with Crippen LogP contribution in [-0.2, 0) is 18.3 Å². The van der Waals surface area contributed by atoms with Gasteiger partial charge in [-0.2, -0.15) is 18.4 Å². The van der Waals surface area contributed by atoms with Crippen LogP contribution >= 0.6 is 0 Å². The number of alkyl halides is 3. The highest BCUT2D eigenvalue weighted by Gasteiger charge is 2.32. The molecule has 0 aliphatic heterocycles. The summed E-state index contributed by atoms with van der Waals surface area (Å²) in [5.41, 5.74) is -0.667. The molecule has 0 aromatic heterocycles. The Kier molecular flexibility index (Phi) is 5.27. The molecule has 0 saturated heterocycles. The zero-order valence-corrected chi connectivity index (χ0v) is 13.1. The zero-order valence-electron chi connectivity index (χ0n) is 13.1. The minimum absolute atomic E-state index is 0.0745. The molecule has 0 spiro atoms. The van der Waals surface area contributed by atoms with Crippen LogP contribution in [0.4, 0.5) is 13.2 Å². The fourth-order valence-corrected chi connectivity index (χ4v) is 2.33. The second kappa shape index (κ2) is 7.04. The predicted octanol–water partition coefficient (Wildman–Crippen LogP) is 3.57. The third-order valence-electron chi connectivity index (χ3n) is 3.67. The summed E-state index contributed by atoms with van der Waals surface area (Å²) in [5.74, 6) is 0. The number of nitrogens with one attached hydrogen (secondary N) is 1. The number of halogens is 3. The van der Waals surface area contributed by atoms with E-state index in [0.717, 1.165) is 17.7 Å². The SMILES string of the molecule is CC(O)(CNCc1cccc(C#N)c1)c1cccc(C(F)(F)F)c1. The fourth-order valence-electron chi connectivity index (χ4n) is 2.33. The quantitative estimate of drug-likeness (QED) is 0.879. The monoisotopic (exact) mass is 334 g/mol. The van der Waals surface area contributed by atoms with Crippen molar-refractivity contribution in [2.45, 2.75) is 25.2 Å². The van der Waals surface area contributed by atoms with Crippen LogP contribution < -0.4 is 5.32 Å². The molecule has 1 unspecified atom stereocenters. The average Bonchev–Trinajstić information content (AvgIpc) is 2.54. The molecule has 1 atom stereocenters. The van der Waals surface area contributed by atoms with E-state index in [9.17, 15) is 18.3 Å². The summed E-state index contributed by atoms with van der Waals surface area (Å²) in [6.07, 6.45) is -4.45. The zero-order chi connectivity index (χ0) is 17.8. The van der Waals surface area contributed by atoms with Crippen LogP contribution in [0.5, 0.6) is 0 Å². The van der Waals surface area contributed by atoms with Gasteiger partial charge in [0.25, 0.3) is 0 Å². The molecule has 2 aromatic rings. The van der Waals surface area contributed by atoms with Gasteiger partial charge in [-0.15, -0.1) is 0 Å². The fraction of sp³-hybridized carbons (Fsp3) is 0.278. The normalized spacial score (nSPS) is 14.0. The van der Waals surface area contributed by atoms with Gasteiger partial charge in [-0.1, -0.05) is 24.3 Å². The Bertz CT molecular complexity index is 748. The molecule has 6 heteroatoms. The molecule has 0 saturated carbocycles. The smallest absolute Gasteiger partial charge is 0.384 e. The molecule has 2 N–H and O–H groups in total. The lowest BCUT2D eigenvalue weighted by Crippen LogP contribution is -2.35. The highest BCUT2D eigenvalue weighted by molar-refractivity contribution is 5.33. The molecule has 0 radical (unpaired) electrons. The maximum Gasteiger partial charge on any atom is 0.416 e. The third kappa shape index (κ3) is 4.57. The average molecular weight is 334 g/mol. The first-order valence-corrected chi connectivity index (χ1v) is 7.32. The number of hydrogen-bond donors (Lipinski definition) is 2. The van der Waals surface area contributed by atoms with Crippen molar-refractivity contribution in [3.8, 4) is 6.07 Å². The van der Waals surface area contributed by atoms with Crippen molar-refractivity contribution in [1.82, 2.24) is 5.32 Å². The summed E-state index contributed by atoms with van der Waals surface area (Å²) < 4.78 is 38.3. The minimum Gasteiger partial charge on any atom is -0.384 e. The molecule has 0 aliphatic carbocycles. The Morgan fingerprint density at radius 1 is 1.08 bits per heavy atom. The van der Waals surface area contributed by atoms with Gasteiger partial charge in [-0.05, 0) is 42.3 Å². The molecule has 24 heavy (non-hydrogen) atoms. The lowest BCUT2D eigenvalue weighted by atomic mass is 9.94. The molecule has 0 bridgehead atoms. The van der Waals surface area contributed by atoms with E-state index in [1.54, 1.807) is 18.2 Å². The molecule has 2 aromatic carbocycles. The molecule has 126 valence electrons. The second-order valence-corrected chi connectivity index (χ2v) is 5.77. The van der Waals surface area contributed by atoms with E-state index in [1.165, 1.54) is 19.1 Å². The Labute approximate surface area is 138 Å². The van der Waals surface area contributed by atoms with Crippen LogP contribution in [0.25, 0.3) is 0 Å². The van der Waals surface area contributed by atoms with Crippen molar-refractivity contribution in [1.29, 1.82) is 5.26 Å². The van der Waals surface area contributed by atoms with Gasteiger partial charge in [-0.25, -0.2) is 0 Å². The van der Waals surface area contributed by atoms with E-state index < -0.39 is 17.3 Å². The largest absolute Gasteiger partial charge is 0.416 e. The maximum absolute atomic E-state index is 12.8. The number of aliphatic hydroxyl groups is 1. The lowest BCUT2D eigenvalue weighted by Gasteiger charge is -2.25. The summed E-state index contributed by atoms with van der Waals surface area (Å²) in [6, 6.07) is 13.7. The number of nitriles is 1. The third-order valence-corrected chi connectivity index (χ3v) is 3.67. The number of hydrogen-bond acceptors (Lipinski definition) is 3. The van der Waals surface area contributed by atoms with Gasteiger partial charge in [0.15, 0.2) is 0 Å². The maximum atomic E-state index is 12.8. The number of rotatable bonds is 5. The molecule has 0 fully saturated rings. The van der Waals surface area contributed by atoms with Crippen LogP contribution in [0.15, 0.2) is 48.5 Å². The van der Waals surface area contributed by atoms with Crippen molar-refractivity contribution < 1.29 is 18.3 Å². The van der Waals surface area contributed by atoms with Crippen LogP contribution in [0.2, 0.25) is 0 Å². The van der Waals surface area contributed by atoms with Gasteiger partial charge in [0, 0.05) is 13.1 Å². The highest BCUT2D eigenvalue weighted by atomic mass is 19.4. The summed E-state index contributed by atoms with van der Waals surface area (Å²) in [6.45, 7) is 1.93. The number of benzene rings is 2. The van der Waals surface area contributed by atoms with Crippen molar-refractivity contribution in [2.75, 3.05) is 6.54 Å². The molecule has 3 nitrogen and oxygen atoms in total. The first-order chi connectivity index (χ1) is 11.2. The topological polar surface area (TPSA) is 56.0 Å². The van der Waals surface area contributed by atoms with E-state index in [2.05, 4.69) is 5.32 Å². The molecule has 0 heterocycles. The van der Waals surface area contributed by atoms with Crippen molar-refractivity contribution in [3.05, 3.63) is 70.8 Å². The van der Waals surface area contributed by atoms with Gasteiger partial charge in [-0.3, -0.25) is 0 Å². The first kappa shape index (κ1) is 18.0.